The van der Waals surface area contributed by atoms with Gasteiger partial charge in [0.05, 0.1) is 21.8 Å². The molecule has 3 amide bonds. The zero-order valence-electron chi connectivity index (χ0n) is 18.8. The number of carbonyl (C=O) groups excluding carboxylic acids is 2. The number of hydrogen-bond acceptors (Lipinski definition) is 6. The average molecular weight is 486 g/mol. The normalized spacial score (nSPS) is 15.1. The van der Waals surface area contributed by atoms with E-state index in [1.165, 1.54) is 29.2 Å². The van der Waals surface area contributed by atoms with Crippen LogP contribution in [0.5, 0.6) is 5.75 Å². The predicted octanol–water partition coefficient (Wildman–Crippen LogP) is 2.45. The number of hydrogen-bond donors (Lipinski definition) is 2. The van der Waals surface area contributed by atoms with Crippen LogP contribution in [-0.2, 0) is 14.6 Å². The van der Waals surface area contributed by atoms with Gasteiger partial charge in [0.15, 0.2) is 9.84 Å². The molecule has 34 heavy (non-hydrogen) atoms. The standard InChI is InChI=1S/C24H27N3O6S/c1-2-3-17-33-20-9-11-21(12-10-20)34(31,32)18-24(22(25)28)13-15-26(16-14-24)23(29)27(30)19-7-5-4-6-8-19/h4-12,30H,13-18H2,1H3,(H2,25,28). The van der Waals surface area contributed by atoms with Gasteiger partial charge in [-0.3, -0.25) is 10.0 Å². The van der Waals surface area contributed by atoms with Crippen molar-refractivity contribution in [2.45, 2.75) is 24.7 Å². The number of nitrogens with zero attached hydrogens (tertiary/aromatic N) is 2. The molecule has 1 aliphatic heterocycles. The molecule has 10 heteroatoms. The number of hydroxylamine groups is 1. The summed E-state index contributed by atoms with van der Waals surface area (Å²) in [5, 5.41) is 10.8. The number of carbonyl (C=O) groups is 2. The summed E-state index contributed by atoms with van der Waals surface area (Å²) >= 11 is 0. The molecular weight excluding hydrogens is 458 g/mol. The first kappa shape index (κ1) is 25.1. The molecule has 3 N–H and O–H groups in total. The van der Waals surface area contributed by atoms with Crippen molar-refractivity contribution < 1.29 is 28.0 Å². The third kappa shape index (κ3) is 5.68. The maximum Gasteiger partial charge on any atom is 0.348 e. The molecule has 2 aromatic carbocycles. The van der Waals surface area contributed by atoms with Gasteiger partial charge in [0, 0.05) is 13.1 Å². The Balaban J connectivity index is 1.69. The summed E-state index contributed by atoms with van der Waals surface area (Å²) in [7, 11) is -3.85. The summed E-state index contributed by atoms with van der Waals surface area (Å²) in [4.78, 5) is 26.5. The van der Waals surface area contributed by atoms with Crippen LogP contribution in [0.3, 0.4) is 0 Å². The summed E-state index contributed by atoms with van der Waals surface area (Å²) in [6, 6.07) is 13.5. The Morgan fingerprint density at radius 3 is 2.29 bits per heavy atom. The van der Waals surface area contributed by atoms with Crippen molar-refractivity contribution in [2.75, 3.05) is 30.5 Å². The second-order valence-electron chi connectivity index (χ2n) is 8.01. The number of anilines is 1. The van der Waals surface area contributed by atoms with Crippen LogP contribution in [0.1, 0.15) is 19.8 Å². The lowest BCUT2D eigenvalue weighted by Crippen LogP contribution is -2.54. The van der Waals surface area contributed by atoms with Crippen LogP contribution in [0.2, 0.25) is 0 Å². The molecule has 9 nitrogen and oxygen atoms in total. The molecule has 0 aromatic heterocycles. The highest BCUT2D eigenvalue weighted by atomic mass is 32.2. The van der Waals surface area contributed by atoms with Crippen LogP contribution in [0.4, 0.5) is 10.5 Å². The molecule has 0 aliphatic carbocycles. The molecule has 3 rings (SSSR count). The first-order valence-electron chi connectivity index (χ1n) is 10.7. The predicted molar refractivity (Wildman–Crippen MR) is 126 cm³/mol. The summed E-state index contributed by atoms with van der Waals surface area (Å²) in [5.41, 5.74) is 4.63. The minimum absolute atomic E-state index is 0.0474. The summed E-state index contributed by atoms with van der Waals surface area (Å²) < 4.78 is 31.6. The monoisotopic (exact) mass is 485 g/mol. The maximum atomic E-state index is 13.1. The van der Waals surface area contributed by atoms with Gasteiger partial charge in [0.2, 0.25) is 5.91 Å². The van der Waals surface area contributed by atoms with Gasteiger partial charge in [-0.1, -0.05) is 24.1 Å². The van der Waals surface area contributed by atoms with Gasteiger partial charge >= 0.3 is 6.03 Å². The zero-order chi connectivity index (χ0) is 24.8. The number of ether oxygens (including phenoxy) is 1. The first-order valence-corrected chi connectivity index (χ1v) is 12.3. The first-order chi connectivity index (χ1) is 16.2. The fourth-order valence-electron chi connectivity index (χ4n) is 3.78. The topological polar surface area (TPSA) is 130 Å². The number of likely N-dealkylation sites (tertiary alicyclic amines) is 1. The lowest BCUT2D eigenvalue weighted by Gasteiger charge is -2.40. The van der Waals surface area contributed by atoms with Crippen molar-refractivity contribution in [3.05, 3.63) is 54.6 Å². The number of benzene rings is 2. The van der Waals surface area contributed by atoms with Gasteiger partial charge < -0.3 is 15.4 Å². The number of piperidine rings is 1. The second-order valence-corrected chi connectivity index (χ2v) is 10.00. The van der Waals surface area contributed by atoms with E-state index >= 15 is 0 Å². The fraction of sp³-hybridized carbons (Fsp3) is 0.333. The SMILES string of the molecule is CC#CCOc1ccc(S(=O)(=O)CC2(C(N)=O)CCN(C(=O)N(O)c3ccccc3)CC2)cc1. The molecule has 0 saturated carbocycles. The average Bonchev–Trinajstić information content (AvgIpc) is 2.84. The third-order valence-corrected chi connectivity index (χ3v) is 7.76. The zero-order valence-corrected chi connectivity index (χ0v) is 19.6. The maximum absolute atomic E-state index is 13.1. The quantitative estimate of drug-likeness (QED) is 0.352. The Morgan fingerprint density at radius 2 is 1.74 bits per heavy atom. The van der Waals surface area contributed by atoms with E-state index in [0.29, 0.717) is 16.5 Å². The summed E-state index contributed by atoms with van der Waals surface area (Å²) in [5.74, 6) is 4.73. The molecule has 0 spiro atoms. The van der Waals surface area contributed by atoms with Crippen molar-refractivity contribution in [1.29, 1.82) is 0 Å². The van der Waals surface area contributed by atoms with Crippen molar-refractivity contribution in [2.24, 2.45) is 11.1 Å². The summed E-state index contributed by atoms with van der Waals surface area (Å²) in [6.07, 6.45) is 0.125. The number of rotatable bonds is 7. The molecule has 1 saturated heterocycles. The van der Waals surface area contributed by atoms with E-state index in [9.17, 15) is 23.2 Å². The van der Waals surface area contributed by atoms with E-state index in [4.69, 9.17) is 10.5 Å². The third-order valence-electron chi connectivity index (χ3n) is 5.83. The van der Waals surface area contributed by atoms with E-state index in [1.807, 2.05) is 0 Å². The highest BCUT2D eigenvalue weighted by molar-refractivity contribution is 7.91. The number of sulfone groups is 1. The number of primary amides is 1. The molecule has 2 aromatic rings. The van der Waals surface area contributed by atoms with Crippen LogP contribution in [-0.4, -0.2) is 55.9 Å². The van der Waals surface area contributed by atoms with E-state index in [1.54, 1.807) is 37.3 Å². The Labute approximate surface area is 199 Å². The molecule has 1 fully saturated rings. The molecule has 180 valence electrons. The number of urea groups is 1. The van der Waals surface area contributed by atoms with Gasteiger partial charge in [-0.15, -0.1) is 5.92 Å². The fourth-order valence-corrected chi connectivity index (χ4v) is 5.66. The van der Waals surface area contributed by atoms with Gasteiger partial charge in [0.25, 0.3) is 0 Å². The Hall–Kier alpha value is -3.55. The lowest BCUT2D eigenvalue weighted by atomic mass is 9.79. The van der Waals surface area contributed by atoms with E-state index < -0.39 is 32.9 Å². The van der Waals surface area contributed by atoms with Crippen LogP contribution >= 0.6 is 0 Å². The molecule has 0 bridgehead atoms. The largest absolute Gasteiger partial charge is 0.481 e. The molecule has 1 heterocycles. The highest BCUT2D eigenvalue weighted by Gasteiger charge is 2.45. The van der Waals surface area contributed by atoms with Crippen molar-refractivity contribution in [3.63, 3.8) is 0 Å². The molecule has 1 aliphatic rings. The van der Waals surface area contributed by atoms with Gasteiger partial charge in [-0.25, -0.2) is 13.2 Å². The minimum Gasteiger partial charge on any atom is -0.481 e. The van der Waals surface area contributed by atoms with Gasteiger partial charge in [-0.2, -0.15) is 5.06 Å². The van der Waals surface area contributed by atoms with Gasteiger partial charge in [-0.05, 0) is 56.2 Å². The number of para-hydroxylation sites is 1. The van der Waals surface area contributed by atoms with Crippen LogP contribution in [0, 0.1) is 17.3 Å². The van der Waals surface area contributed by atoms with Crippen LogP contribution < -0.4 is 15.5 Å². The van der Waals surface area contributed by atoms with Crippen molar-refractivity contribution >= 4 is 27.5 Å². The molecule has 0 atom stereocenters. The van der Waals surface area contributed by atoms with Crippen LogP contribution in [0.25, 0.3) is 0 Å². The smallest absolute Gasteiger partial charge is 0.348 e. The van der Waals surface area contributed by atoms with Crippen LogP contribution in [0.15, 0.2) is 59.5 Å². The lowest BCUT2D eigenvalue weighted by molar-refractivity contribution is -0.128. The van der Waals surface area contributed by atoms with E-state index in [0.717, 1.165) is 0 Å². The van der Waals surface area contributed by atoms with E-state index in [2.05, 4.69) is 11.8 Å². The number of nitrogens with two attached hydrogens (primary N) is 1. The van der Waals surface area contributed by atoms with Crippen molar-refractivity contribution in [3.8, 4) is 17.6 Å². The molecule has 0 unspecified atom stereocenters. The molecule has 0 radical (unpaired) electrons. The number of amides is 3. The summed E-state index contributed by atoms with van der Waals surface area (Å²) in [6.45, 7) is 2.04. The molecular formula is C24H27N3O6S. The Morgan fingerprint density at radius 1 is 1.12 bits per heavy atom. The Kier molecular flexibility index (Phi) is 7.81. The highest BCUT2D eigenvalue weighted by Crippen LogP contribution is 2.35. The van der Waals surface area contributed by atoms with E-state index in [-0.39, 0.29) is 37.4 Å². The Bertz CT molecular complexity index is 1180. The van der Waals surface area contributed by atoms with Gasteiger partial charge in [0.1, 0.15) is 12.4 Å². The minimum atomic E-state index is -3.85. The van der Waals surface area contributed by atoms with Crippen molar-refractivity contribution in [1.82, 2.24) is 4.90 Å². The second kappa shape index (κ2) is 10.6.